The van der Waals surface area contributed by atoms with E-state index in [1.807, 2.05) is 19.1 Å². The van der Waals surface area contributed by atoms with Crippen LogP contribution in [0.4, 0.5) is 5.69 Å². The Hall–Kier alpha value is -3.08. The maximum Gasteiger partial charge on any atom is 0.213 e. The average Bonchev–Trinajstić information content (AvgIpc) is 2.49. The van der Waals surface area contributed by atoms with Gasteiger partial charge in [-0.05, 0) is 31.2 Å². The van der Waals surface area contributed by atoms with Crippen LogP contribution in [0.2, 0.25) is 0 Å². The van der Waals surface area contributed by atoms with Crippen LogP contribution in [0.25, 0.3) is 0 Å². The summed E-state index contributed by atoms with van der Waals surface area (Å²) in [7, 11) is 0. The number of carbonyl (C=O) groups is 2. The first-order valence-electron chi connectivity index (χ1n) is 6.66. The number of rotatable bonds is 2. The molecule has 0 bridgehead atoms. The van der Waals surface area contributed by atoms with Gasteiger partial charge in [-0.3, -0.25) is 9.59 Å². The molecule has 1 aliphatic carbocycles. The van der Waals surface area contributed by atoms with Gasteiger partial charge in [0.2, 0.25) is 5.78 Å². The zero-order chi connectivity index (χ0) is 15.9. The lowest BCUT2D eigenvalue weighted by molar-refractivity contribution is 0.0980. The minimum Gasteiger partial charge on any atom is -0.507 e. The molecule has 0 atom stereocenters. The molecule has 5 heteroatoms. The number of ketones is 2. The molecule has 0 radical (unpaired) electrons. The lowest BCUT2D eigenvalue weighted by Crippen LogP contribution is -2.21. The summed E-state index contributed by atoms with van der Waals surface area (Å²) in [5, 5.41) is 22.5. The van der Waals surface area contributed by atoms with E-state index in [1.165, 1.54) is 12.1 Å². The summed E-state index contributed by atoms with van der Waals surface area (Å²) in [6, 6.07) is 9.68. The van der Waals surface area contributed by atoms with Gasteiger partial charge in [-0.25, -0.2) is 0 Å². The van der Waals surface area contributed by atoms with Crippen LogP contribution in [0, 0.1) is 6.92 Å². The minimum atomic E-state index is -0.538. The zero-order valence-corrected chi connectivity index (χ0v) is 11.8. The highest BCUT2D eigenvalue weighted by molar-refractivity contribution is 6.27. The Morgan fingerprint density at radius 1 is 0.864 bits per heavy atom. The Morgan fingerprint density at radius 2 is 1.45 bits per heavy atom. The summed E-state index contributed by atoms with van der Waals surface area (Å²) in [6.45, 7) is 1.94. The molecule has 5 nitrogen and oxygen atoms in total. The number of Topliss-reactive ketones (excluding diaryl/α,β-unsaturated/α-hetero) is 1. The highest BCUT2D eigenvalue weighted by Gasteiger charge is 2.31. The quantitative estimate of drug-likeness (QED) is 0.742. The van der Waals surface area contributed by atoms with E-state index in [9.17, 15) is 19.8 Å². The molecule has 0 saturated heterocycles. The van der Waals surface area contributed by atoms with E-state index in [2.05, 4.69) is 5.32 Å². The van der Waals surface area contributed by atoms with Gasteiger partial charge >= 0.3 is 0 Å². The smallest absolute Gasteiger partial charge is 0.213 e. The van der Waals surface area contributed by atoms with Crippen molar-refractivity contribution in [2.24, 2.45) is 0 Å². The van der Waals surface area contributed by atoms with Gasteiger partial charge < -0.3 is 15.5 Å². The third-order valence-corrected chi connectivity index (χ3v) is 3.49. The Bertz CT molecular complexity index is 819. The number of phenols is 2. The second kappa shape index (κ2) is 5.04. The largest absolute Gasteiger partial charge is 0.507 e. The predicted octanol–water partition coefficient (Wildman–Crippen LogP) is 2.78. The number of phenolic OH excluding ortho intramolecular Hbond substituents is 2. The summed E-state index contributed by atoms with van der Waals surface area (Å²) >= 11 is 0. The number of aromatic hydroxyl groups is 2. The van der Waals surface area contributed by atoms with Crippen LogP contribution in [0.1, 0.15) is 26.3 Å². The van der Waals surface area contributed by atoms with Crippen molar-refractivity contribution in [3.8, 4) is 11.5 Å². The van der Waals surface area contributed by atoms with E-state index in [0.29, 0.717) is 5.69 Å². The molecule has 22 heavy (non-hydrogen) atoms. The number of hydrogen-bond donors (Lipinski definition) is 3. The van der Waals surface area contributed by atoms with Crippen molar-refractivity contribution in [1.29, 1.82) is 0 Å². The molecule has 0 heterocycles. The van der Waals surface area contributed by atoms with Gasteiger partial charge in [0.1, 0.15) is 11.5 Å². The first-order chi connectivity index (χ1) is 10.5. The minimum absolute atomic E-state index is 0.0576. The highest BCUT2D eigenvalue weighted by Crippen LogP contribution is 2.34. The van der Waals surface area contributed by atoms with Gasteiger partial charge in [-0.2, -0.15) is 0 Å². The molecule has 3 N–H and O–H groups in total. The van der Waals surface area contributed by atoms with Crippen LogP contribution in [-0.2, 0) is 0 Å². The van der Waals surface area contributed by atoms with Crippen molar-refractivity contribution in [1.82, 2.24) is 0 Å². The van der Waals surface area contributed by atoms with E-state index in [-0.39, 0.29) is 28.3 Å². The Kier molecular flexibility index (Phi) is 3.18. The summed E-state index contributed by atoms with van der Waals surface area (Å²) in [4.78, 5) is 24.6. The molecule has 1 aliphatic rings. The van der Waals surface area contributed by atoms with Crippen molar-refractivity contribution in [3.05, 3.63) is 64.9 Å². The molecule has 0 unspecified atom stereocenters. The summed E-state index contributed by atoms with van der Waals surface area (Å²) in [5.74, 6) is -1.72. The SMILES string of the molecule is Cc1ccc(NC2=CC(=O)c3c(O)ccc(O)c3C2=O)cc1. The molecule has 0 aliphatic heterocycles. The fraction of sp³-hybridized carbons (Fsp3) is 0.0588. The molecule has 0 aromatic heterocycles. The van der Waals surface area contributed by atoms with E-state index in [1.54, 1.807) is 12.1 Å². The molecular weight excluding hydrogens is 282 g/mol. The molecule has 0 saturated carbocycles. The number of hydrogen-bond acceptors (Lipinski definition) is 5. The average molecular weight is 295 g/mol. The van der Waals surface area contributed by atoms with Crippen LogP contribution in [0.3, 0.4) is 0 Å². The van der Waals surface area contributed by atoms with Gasteiger partial charge in [0, 0.05) is 11.8 Å². The van der Waals surface area contributed by atoms with E-state index < -0.39 is 11.6 Å². The predicted molar refractivity (Wildman–Crippen MR) is 81.3 cm³/mol. The van der Waals surface area contributed by atoms with Crippen molar-refractivity contribution >= 4 is 17.3 Å². The van der Waals surface area contributed by atoms with Gasteiger partial charge in [0.05, 0.1) is 16.8 Å². The molecule has 0 spiro atoms. The molecular formula is C17H13NO4. The third kappa shape index (κ3) is 2.22. The fourth-order valence-corrected chi connectivity index (χ4v) is 2.35. The molecule has 0 amide bonds. The number of fused-ring (bicyclic) bond motifs is 1. The molecule has 2 aromatic carbocycles. The van der Waals surface area contributed by atoms with Crippen LogP contribution >= 0.6 is 0 Å². The van der Waals surface area contributed by atoms with Gasteiger partial charge in [-0.1, -0.05) is 17.7 Å². The van der Waals surface area contributed by atoms with Crippen molar-refractivity contribution in [2.75, 3.05) is 5.32 Å². The highest BCUT2D eigenvalue weighted by atomic mass is 16.3. The van der Waals surface area contributed by atoms with Gasteiger partial charge in [-0.15, -0.1) is 0 Å². The number of nitrogens with one attached hydrogen (secondary N) is 1. The topological polar surface area (TPSA) is 86.6 Å². The van der Waals surface area contributed by atoms with Crippen molar-refractivity contribution < 1.29 is 19.8 Å². The summed E-state index contributed by atoms with van der Waals surface area (Å²) in [6.07, 6.45) is 1.13. The lowest BCUT2D eigenvalue weighted by atomic mass is 9.91. The third-order valence-electron chi connectivity index (χ3n) is 3.49. The van der Waals surface area contributed by atoms with Crippen molar-refractivity contribution in [3.63, 3.8) is 0 Å². The summed E-state index contributed by atoms with van der Waals surface area (Å²) in [5.41, 5.74) is 1.43. The van der Waals surface area contributed by atoms with Crippen LogP contribution < -0.4 is 5.32 Å². The van der Waals surface area contributed by atoms with E-state index >= 15 is 0 Å². The van der Waals surface area contributed by atoms with E-state index in [0.717, 1.165) is 11.6 Å². The number of allylic oxidation sites excluding steroid dienone is 2. The normalized spacial score (nSPS) is 13.6. The Morgan fingerprint density at radius 3 is 2.09 bits per heavy atom. The standard InChI is InChI=1S/C17H13NO4/c1-9-2-4-10(5-3-9)18-11-8-14(21)15-12(19)6-7-13(20)16(15)17(11)22/h2-8,18-20H,1H3. The fourth-order valence-electron chi connectivity index (χ4n) is 2.35. The van der Waals surface area contributed by atoms with Gasteiger partial charge in [0.15, 0.2) is 5.78 Å². The van der Waals surface area contributed by atoms with Crippen LogP contribution in [0.5, 0.6) is 11.5 Å². The molecule has 3 rings (SSSR count). The second-order valence-corrected chi connectivity index (χ2v) is 5.10. The van der Waals surface area contributed by atoms with E-state index in [4.69, 9.17) is 0 Å². The Labute approximate surface area is 126 Å². The van der Waals surface area contributed by atoms with Gasteiger partial charge in [0.25, 0.3) is 0 Å². The zero-order valence-electron chi connectivity index (χ0n) is 11.8. The number of aryl methyl sites for hydroxylation is 1. The number of anilines is 1. The van der Waals surface area contributed by atoms with Crippen LogP contribution in [-0.4, -0.2) is 21.8 Å². The number of carbonyl (C=O) groups excluding carboxylic acids is 2. The Balaban J connectivity index is 2.02. The maximum absolute atomic E-state index is 12.5. The first kappa shape index (κ1) is 13.9. The molecule has 0 fully saturated rings. The van der Waals surface area contributed by atoms with Crippen LogP contribution in [0.15, 0.2) is 48.2 Å². The second-order valence-electron chi connectivity index (χ2n) is 5.10. The molecule has 110 valence electrons. The lowest BCUT2D eigenvalue weighted by Gasteiger charge is -2.18. The summed E-state index contributed by atoms with van der Waals surface area (Å²) < 4.78 is 0. The maximum atomic E-state index is 12.5. The number of benzene rings is 2. The first-order valence-corrected chi connectivity index (χ1v) is 6.66. The van der Waals surface area contributed by atoms with Crippen molar-refractivity contribution in [2.45, 2.75) is 6.92 Å². The monoisotopic (exact) mass is 295 g/mol. The molecule has 2 aromatic rings.